The van der Waals surface area contributed by atoms with Crippen LogP contribution in [0.3, 0.4) is 0 Å². The van der Waals surface area contributed by atoms with Crippen LogP contribution in [0.2, 0.25) is 0 Å². The fourth-order valence-corrected chi connectivity index (χ4v) is 1.59. The number of nitrogens with one attached hydrogen (secondary N) is 2. The highest BCUT2D eigenvalue weighted by atomic mass is 16.6. The molecule has 0 aliphatic carbocycles. The molecular weight excluding hydrogens is 260 g/mol. The van der Waals surface area contributed by atoms with Gasteiger partial charge in [-0.25, -0.2) is 0 Å². The number of hydrogen-bond donors (Lipinski definition) is 2. The molecule has 0 saturated heterocycles. The summed E-state index contributed by atoms with van der Waals surface area (Å²) in [6.07, 6.45) is 0. The lowest BCUT2D eigenvalue weighted by Crippen LogP contribution is -2.40. The van der Waals surface area contributed by atoms with Gasteiger partial charge in [0.05, 0.1) is 4.92 Å². The number of anilines is 1. The van der Waals surface area contributed by atoms with Crippen molar-refractivity contribution < 1.29 is 9.72 Å². The number of benzene rings is 1. The van der Waals surface area contributed by atoms with Gasteiger partial charge in [-0.3, -0.25) is 14.9 Å². The standard InChI is InChI=1S/C13H16N4O3/c1-8(2)15-13(18)9(3)16-11-5-4-10(7-14)12(6-11)17(19)20/h4-6,8-9,16H,1-3H3,(H,15,18). The zero-order valence-electron chi connectivity index (χ0n) is 11.5. The molecule has 7 heteroatoms. The Morgan fingerprint density at radius 2 is 2.05 bits per heavy atom. The normalized spacial score (nSPS) is 11.6. The van der Waals surface area contributed by atoms with Crippen LogP contribution in [0.1, 0.15) is 26.3 Å². The number of carbonyl (C=O) groups is 1. The quantitative estimate of drug-likeness (QED) is 0.629. The maximum Gasteiger partial charge on any atom is 0.289 e. The van der Waals surface area contributed by atoms with Crippen LogP contribution in [0.15, 0.2) is 18.2 Å². The third kappa shape index (κ3) is 3.95. The second kappa shape index (κ2) is 6.52. The minimum atomic E-state index is -0.622. The van der Waals surface area contributed by atoms with Gasteiger partial charge in [0, 0.05) is 17.8 Å². The fraction of sp³-hybridized carbons (Fsp3) is 0.385. The number of amides is 1. The van der Waals surface area contributed by atoms with E-state index >= 15 is 0 Å². The van der Waals surface area contributed by atoms with Gasteiger partial charge in [-0.15, -0.1) is 0 Å². The molecule has 7 nitrogen and oxygen atoms in total. The molecule has 1 unspecified atom stereocenters. The molecule has 1 aromatic carbocycles. The van der Waals surface area contributed by atoms with Crippen molar-refractivity contribution in [1.29, 1.82) is 5.26 Å². The lowest BCUT2D eigenvalue weighted by Gasteiger charge is -2.17. The second-order valence-electron chi connectivity index (χ2n) is 4.63. The van der Waals surface area contributed by atoms with Crippen LogP contribution in [0.5, 0.6) is 0 Å². The summed E-state index contributed by atoms with van der Waals surface area (Å²) in [6.45, 7) is 5.34. The van der Waals surface area contributed by atoms with Crippen molar-refractivity contribution in [2.24, 2.45) is 0 Å². The summed E-state index contributed by atoms with van der Waals surface area (Å²) in [5.41, 5.74) is 0.121. The average Bonchev–Trinajstić information content (AvgIpc) is 2.37. The van der Waals surface area contributed by atoms with Gasteiger partial charge in [0.25, 0.3) is 5.69 Å². The van der Waals surface area contributed by atoms with Crippen LogP contribution in [-0.2, 0) is 4.79 Å². The zero-order valence-corrected chi connectivity index (χ0v) is 11.5. The van der Waals surface area contributed by atoms with E-state index in [9.17, 15) is 14.9 Å². The van der Waals surface area contributed by atoms with E-state index in [1.165, 1.54) is 18.2 Å². The summed E-state index contributed by atoms with van der Waals surface area (Å²) < 4.78 is 0. The Morgan fingerprint density at radius 1 is 1.40 bits per heavy atom. The summed E-state index contributed by atoms with van der Waals surface area (Å²) in [6, 6.07) is 5.37. The van der Waals surface area contributed by atoms with Crippen LogP contribution in [-0.4, -0.2) is 22.9 Å². The average molecular weight is 276 g/mol. The fourth-order valence-electron chi connectivity index (χ4n) is 1.59. The number of nitriles is 1. The Morgan fingerprint density at radius 3 is 2.55 bits per heavy atom. The van der Waals surface area contributed by atoms with Crippen LogP contribution >= 0.6 is 0 Å². The molecule has 0 aliphatic heterocycles. The summed E-state index contributed by atoms with van der Waals surface area (Å²) in [5, 5.41) is 25.2. The molecule has 0 fully saturated rings. The van der Waals surface area contributed by atoms with Gasteiger partial charge in [0.2, 0.25) is 5.91 Å². The van der Waals surface area contributed by atoms with Crippen molar-refractivity contribution in [1.82, 2.24) is 5.32 Å². The van der Waals surface area contributed by atoms with E-state index in [2.05, 4.69) is 10.6 Å². The first-order valence-electron chi connectivity index (χ1n) is 6.10. The molecular formula is C13H16N4O3. The molecule has 0 saturated carbocycles. The SMILES string of the molecule is CC(C)NC(=O)C(C)Nc1ccc(C#N)c([N+](=O)[O-])c1. The van der Waals surface area contributed by atoms with Gasteiger partial charge in [0.15, 0.2) is 0 Å². The number of nitro groups is 1. The molecule has 0 aromatic heterocycles. The Labute approximate surface area is 116 Å². The van der Waals surface area contributed by atoms with Gasteiger partial charge in [-0.2, -0.15) is 5.26 Å². The monoisotopic (exact) mass is 276 g/mol. The van der Waals surface area contributed by atoms with Gasteiger partial charge >= 0.3 is 0 Å². The second-order valence-corrected chi connectivity index (χ2v) is 4.63. The summed E-state index contributed by atoms with van der Waals surface area (Å²) in [7, 11) is 0. The highest BCUT2D eigenvalue weighted by Gasteiger charge is 2.17. The van der Waals surface area contributed by atoms with E-state index in [0.29, 0.717) is 5.69 Å². The lowest BCUT2D eigenvalue weighted by atomic mass is 10.1. The Kier molecular flexibility index (Phi) is 5.03. The maximum atomic E-state index is 11.7. The molecule has 0 aliphatic rings. The predicted octanol–water partition coefficient (Wildman–Crippen LogP) is 1.79. The van der Waals surface area contributed by atoms with Gasteiger partial charge in [0.1, 0.15) is 17.7 Å². The molecule has 1 atom stereocenters. The molecule has 1 amide bonds. The first kappa shape index (κ1) is 15.4. The van der Waals surface area contributed by atoms with Crippen LogP contribution in [0, 0.1) is 21.4 Å². The molecule has 106 valence electrons. The Balaban J connectivity index is 2.89. The van der Waals surface area contributed by atoms with Crippen LogP contribution in [0.4, 0.5) is 11.4 Å². The van der Waals surface area contributed by atoms with Gasteiger partial charge < -0.3 is 10.6 Å². The molecule has 0 heterocycles. The third-order valence-corrected chi connectivity index (χ3v) is 2.52. The molecule has 20 heavy (non-hydrogen) atoms. The third-order valence-electron chi connectivity index (χ3n) is 2.52. The first-order chi connectivity index (χ1) is 9.35. The minimum Gasteiger partial charge on any atom is -0.374 e. The van der Waals surface area contributed by atoms with E-state index in [0.717, 1.165) is 0 Å². The van der Waals surface area contributed by atoms with Crippen molar-refractivity contribution in [3.63, 3.8) is 0 Å². The topological polar surface area (TPSA) is 108 Å². The van der Waals surface area contributed by atoms with Crippen molar-refractivity contribution in [3.8, 4) is 6.07 Å². The molecule has 0 bridgehead atoms. The van der Waals surface area contributed by atoms with E-state index in [1.807, 2.05) is 13.8 Å². The Hall–Kier alpha value is -2.62. The summed E-state index contributed by atoms with van der Waals surface area (Å²) in [4.78, 5) is 22.0. The number of rotatable bonds is 5. The van der Waals surface area contributed by atoms with Crippen LogP contribution < -0.4 is 10.6 Å². The maximum absolute atomic E-state index is 11.7. The Bertz CT molecular complexity index is 563. The van der Waals surface area contributed by atoms with Crippen molar-refractivity contribution in [2.45, 2.75) is 32.9 Å². The molecule has 0 radical (unpaired) electrons. The number of nitro benzene ring substituents is 1. The van der Waals surface area contributed by atoms with E-state index < -0.39 is 11.0 Å². The predicted molar refractivity (Wildman–Crippen MR) is 74.2 cm³/mol. The minimum absolute atomic E-state index is 0.0140. The van der Waals surface area contributed by atoms with Gasteiger partial charge in [-0.1, -0.05) is 0 Å². The largest absolute Gasteiger partial charge is 0.374 e. The lowest BCUT2D eigenvalue weighted by molar-refractivity contribution is -0.385. The van der Waals surface area contributed by atoms with E-state index in [1.54, 1.807) is 13.0 Å². The zero-order chi connectivity index (χ0) is 15.3. The summed E-state index contributed by atoms with van der Waals surface area (Å²) >= 11 is 0. The van der Waals surface area contributed by atoms with Gasteiger partial charge in [-0.05, 0) is 32.9 Å². The van der Waals surface area contributed by atoms with E-state index in [4.69, 9.17) is 5.26 Å². The number of nitrogens with zero attached hydrogens (tertiary/aromatic N) is 2. The number of hydrogen-bond acceptors (Lipinski definition) is 5. The molecule has 1 rings (SSSR count). The smallest absolute Gasteiger partial charge is 0.289 e. The molecule has 1 aromatic rings. The van der Waals surface area contributed by atoms with Crippen molar-refractivity contribution >= 4 is 17.3 Å². The number of carbonyl (C=O) groups excluding carboxylic acids is 1. The highest BCUT2D eigenvalue weighted by Crippen LogP contribution is 2.22. The molecule has 0 spiro atoms. The first-order valence-corrected chi connectivity index (χ1v) is 6.10. The van der Waals surface area contributed by atoms with E-state index in [-0.39, 0.29) is 23.2 Å². The van der Waals surface area contributed by atoms with Crippen molar-refractivity contribution in [2.75, 3.05) is 5.32 Å². The molecule has 2 N–H and O–H groups in total. The highest BCUT2D eigenvalue weighted by molar-refractivity contribution is 5.84. The summed E-state index contributed by atoms with van der Waals surface area (Å²) in [5.74, 6) is -0.202. The van der Waals surface area contributed by atoms with Crippen LogP contribution in [0.25, 0.3) is 0 Å². The van der Waals surface area contributed by atoms with Crippen molar-refractivity contribution in [3.05, 3.63) is 33.9 Å².